The minimum Gasteiger partial charge on any atom is -0.463 e. The summed E-state index contributed by atoms with van der Waals surface area (Å²) in [5.74, 6) is 0.690. The molecule has 0 amide bonds. The highest BCUT2D eigenvalue weighted by Gasteiger charge is 2.27. The number of carbonyl (C=O) groups excluding carboxylic acids is 1. The molecule has 0 aliphatic carbocycles. The van der Waals surface area contributed by atoms with Crippen LogP contribution in [0.25, 0.3) is 33.9 Å². The molecule has 0 N–H and O–H groups in total. The summed E-state index contributed by atoms with van der Waals surface area (Å²) < 4.78 is 7.89. The van der Waals surface area contributed by atoms with Gasteiger partial charge in [-0.2, -0.15) is 0 Å². The number of esters is 1. The molecule has 0 radical (unpaired) electrons. The van der Waals surface area contributed by atoms with E-state index >= 15 is 0 Å². The van der Waals surface area contributed by atoms with Gasteiger partial charge in [0.25, 0.3) is 0 Å². The summed E-state index contributed by atoms with van der Waals surface area (Å²) in [5, 5.41) is 0. The van der Waals surface area contributed by atoms with Crippen molar-refractivity contribution in [2.75, 3.05) is 6.61 Å². The Morgan fingerprint density at radius 2 is 1.33 bits per heavy atom. The van der Waals surface area contributed by atoms with Gasteiger partial charge in [0.2, 0.25) is 0 Å². The number of hydrogen-bond donors (Lipinski definition) is 0. The van der Waals surface area contributed by atoms with Crippen molar-refractivity contribution in [3.63, 3.8) is 0 Å². The fraction of sp³-hybridized carbons (Fsp3) is 0.241. The summed E-state index contributed by atoms with van der Waals surface area (Å²) in [6.07, 6.45) is 0.736. The molecule has 0 aliphatic heterocycles. The smallest absolute Gasteiger partial charge is 0.311 e. The van der Waals surface area contributed by atoms with E-state index in [9.17, 15) is 4.79 Å². The zero-order valence-electron chi connectivity index (χ0n) is 19.5. The molecule has 0 saturated heterocycles. The molecule has 0 bridgehead atoms. The standard InChI is InChI=1S/C29H30N2O2/c1-4-29(2,3)28(32)33-21-20-31-26(23-16-10-6-11-17-23)25(22-14-8-5-9-15-22)30-27(31)24-18-12-7-13-19-24/h5-19H,4,20-21H2,1-3H3. The Morgan fingerprint density at radius 3 is 1.88 bits per heavy atom. The first-order chi connectivity index (χ1) is 16.0. The van der Waals surface area contributed by atoms with Crippen LogP contribution in [0.5, 0.6) is 0 Å². The van der Waals surface area contributed by atoms with E-state index < -0.39 is 5.41 Å². The number of rotatable bonds is 8. The van der Waals surface area contributed by atoms with Gasteiger partial charge in [0.05, 0.1) is 23.3 Å². The van der Waals surface area contributed by atoms with Gasteiger partial charge >= 0.3 is 5.97 Å². The normalized spacial score (nSPS) is 11.4. The predicted octanol–water partition coefficient (Wildman–Crippen LogP) is 6.86. The number of imidazole rings is 1. The van der Waals surface area contributed by atoms with Gasteiger partial charge in [-0.05, 0) is 20.3 Å². The van der Waals surface area contributed by atoms with Crippen molar-refractivity contribution in [2.24, 2.45) is 5.41 Å². The molecule has 4 rings (SSSR count). The summed E-state index contributed by atoms with van der Waals surface area (Å²) in [5.41, 5.74) is 4.60. The van der Waals surface area contributed by atoms with Crippen molar-refractivity contribution >= 4 is 5.97 Å². The van der Waals surface area contributed by atoms with Crippen molar-refractivity contribution in [3.05, 3.63) is 91.0 Å². The lowest BCUT2D eigenvalue weighted by atomic mass is 9.91. The number of aromatic nitrogens is 2. The van der Waals surface area contributed by atoms with E-state index in [1.807, 2.05) is 75.4 Å². The van der Waals surface area contributed by atoms with E-state index in [0.29, 0.717) is 6.54 Å². The lowest BCUT2D eigenvalue weighted by molar-refractivity contribution is -0.154. The third kappa shape index (κ3) is 4.90. The third-order valence-electron chi connectivity index (χ3n) is 6.08. The molecule has 0 saturated carbocycles. The minimum absolute atomic E-state index is 0.170. The molecule has 3 aromatic carbocycles. The zero-order valence-corrected chi connectivity index (χ0v) is 19.5. The van der Waals surface area contributed by atoms with E-state index in [1.54, 1.807) is 0 Å². The fourth-order valence-electron chi connectivity index (χ4n) is 3.73. The Kier molecular flexibility index (Phi) is 6.74. The molecule has 33 heavy (non-hydrogen) atoms. The molecular weight excluding hydrogens is 408 g/mol. The fourth-order valence-corrected chi connectivity index (χ4v) is 3.73. The van der Waals surface area contributed by atoms with Crippen LogP contribution in [0.4, 0.5) is 0 Å². The zero-order chi connectivity index (χ0) is 23.3. The summed E-state index contributed by atoms with van der Waals surface area (Å²) >= 11 is 0. The van der Waals surface area contributed by atoms with E-state index in [0.717, 1.165) is 40.3 Å². The van der Waals surface area contributed by atoms with Gasteiger partial charge in [-0.3, -0.25) is 4.79 Å². The molecular formula is C29H30N2O2. The van der Waals surface area contributed by atoms with Gasteiger partial charge in [0, 0.05) is 16.7 Å². The average Bonchev–Trinajstić information content (AvgIpc) is 3.25. The maximum Gasteiger partial charge on any atom is 0.311 e. The molecule has 4 heteroatoms. The minimum atomic E-state index is -0.491. The van der Waals surface area contributed by atoms with Crippen molar-refractivity contribution in [1.82, 2.24) is 9.55 Å². The quantitative estimate of drug-likeness (QED) is 0.282. The maximum atomic E-state index is 12.6. The summed E-state index contributed by atoms with van der Waals surface area (Å²) in [6, 6.07) is 30.7. The van der Waals surface area contributed by atoms with Crippen LogP contribution in [0.2, 0.25) is 0 Å². The van der Waals surface area contributed by atoms with Crippen LogP contribution in [0.1, 0.15) is 27.2 Å². The lowest BCUT2D eigenvalue weighted by Gasteiger charge is -2.21. The Hall–Kier alpha value is -3.66. The third-order valence-corrected chi connectivity index (χ3v) is 6.08. The van der Waals surface area contributed by atoms with Crippen molar-refractivity contribution in [1.29, 1.82) is 0 Å². The van der Waals surface area contributed by atoms with Crippen LogP contribution in [-0.4, -0.2) is 22.1 Å². The Bertz CT molecular complexity index is 1200. The highest BCUT2D eigenvalue weighted by Crippen LogP contribution is 2.36. The molecule has 0 atom stereocenters. The monoisotopic (exact) mass is 438 g/mol. The van der Waals surface area contributed by atoms with E-state index in [-0.39, 0.29) is 12.6 Å². The first kappa shape index (κ1) is 22.5. The molecule has 168 valence electrons. The second-order valence-electron chi connectivity index (χ2n) is 8.76. The van der Waals surface area contributed by atoms with Crippen LogP contribution in [-0.2, 0) is 16.1 Å². The van der Waals surface area contributed by atoms with Gasteiger partial charge in [0.1, 0.15) is 12.4 Å². The van der Waals surface area contributed by atoms with Crippen molar-refractivity contribution < 1.29 is 9.53 Å². The lowest BCUT2D eigenvalue weighted by Crippen LogP contribution is -2.27. The van der Waals surface area contributed by atoms with E-state index in [2.05, 4.69) is 41.0 Å². The number of hydrogen-bond acceptors (Lipinski definition) is 3. The molecule has 0 spiro atoms. The molecule has 0 unspecified atom stereocenters. The summed E-state index contributed by atoms with van der Waals surface area (Å²) in [6.45, 7) is 6.65. The number of ether oxygens (including phenoxy) is 1. The summed E-state index contributed by atoms with van der Waals surface area (Å²) in [7, 11) is 0. The Labute approximate surface area is 195 Å². The van der Waals surface area contributed by atoms with Crippen molar-refractivity contribution in [3.8, 4) is 33.9 Å². The first-order valence-corrected chi connectivity index (χ1v) is 11.5. The molecule has 1 heterocycles. The number of carbonyl (C=O) groups is 1. The number of nitrogens with zero attached hydrogens (tertiary/aromatic N) is 2. The largest absolute Gasteiger partial charge is 0.463 e. The SMILES string of the molecule is CCC(C)(C)C(=O)OCCn1c(-c2ccccc2)nc(-c2ccccc2)c1-c1ccccc1. The molecule has 0 aliphatic rings. The molecule has 1 aromatic heterocycles. The Balaban J connectivity index is 1.82. The van der Waals surface area contributed by atoms with Gasteiger partial charge in [-0.15, -0.1) is 0 Å². The molecule has 4 aromatic rings. The Morgan fingerprint density at radius 1 is 0.818 bits per heavy atom. The van der Waals surface area contributed by atoms with Gasteiger partial charge < -0.3 is 9.30 Å². The first-order valence-electron chi connectivity index (χ1n) is 11.5. The molecule has 4 nitrogen and oxygen atoms in total. The topological polar surface area (TPSA) is 44.1 Å². The van der Waals surface area contributed by atoms with Crippen LogP contribution in [0, 0.1) is 5.41 Å². The number of benzene rings is 3. The van der Waals surface area contributed by atoms with E-state index in [4.69, 9.17) is 9.72 Å². The van der Waals surface area contributed by atoms with Gasteiger partial charge in [0.15, 0.2) is 0 Å². The predicted molar refractivity (Wildman–Crippen MR) is 134 cm³/mol. The van der Waals surface area contributed by atoms with Gasteiger partial charge in [-0.25, -0.2) is 4.98 Å². The van der Waals surface area contributed by atoms with Crippen LogP contribution in [0.3, 0.4) is 0 Å². The second-order valence-corrected chi connectivity index (χ2v) is 8.76. The summed E-state index contributed by atoms with van der Waals surface area (Å²) in [4.78, 5) is 17.7. The average molecular weight is 439 g/mol. The van der Waals surface area contributed by atoms with E-state index in [1.165, 1.54) is 0 Å². The van der Waals surface area contributed by atoms with Gasteiger partial charge in [-0.1, -0.05) is 97.9 Å². The van der Waals surface area contributed by atoms with Crippen LogP contribution >= 0.6 is 0 Å². The second kappa shape index (κ2) is 9.86. The van der Waals surface area contributed by atoms with Crippen molar-refractivity contribution in [2.45, 2.75) is 33.7 Å². The molecule has 0 fully saturated rings. The maximum absolute atomic E-state index is 12.6. The van der Waals surface area contributed by atoms with Crippen LogP contribution < -0.4 is 0 Å². The highest BCUT2D eigenvalue weighted by molar-refractivity contribution is 5.82. The highest BCUT2D eigenvalue weighted by atomic mass is 16.5. The van der Waals surface area contributed by atoms with Crippen LogP contribution in [0.15, 0.2) is 91.0 Å².